The number of benzene rings is 2. The average molecular weight is 432 g/mol. The van der Waals surface area contributed by atoms with E-state index in [0.29, 0.717) is 17.9 Å². The maximum atomic E-state index is 12.5. The van der Waals surface area contributed by atoms with Crippen LogP contribution in [0.3, 0.4) is 0 Å². The van der Waals surface area contributed by atoms with Gasteiger partial charge in [-0.1, -0.05) is 24.3 Å². The zero-order chi connectivity index (χ0) is 22.3. The number of hydrogen-bond donors (Lipinski definition) is 4. The van der Waals surface area contributed by atoms with Gasteiger partial charge in [0.15, 0.2) is 0 Å². The van der Waals surface area contributed by atoms with Crippen molar-refractivity contribution >= 4 is 11.9 Å². The van der Waals surface area contributed by atoms with Gasteiger partial charge in [-0.15, -0.1) is 0 Å². The smallest absolute Gasteiger partial charge is 0.335 e. The van der Waals surface area contributed by atoms with Crippen molar-refractivity contribution in [3.63, 3.8) is 0 Å². The Morgan fingerprint density at radius 1 is 1.06 bits per heavy atom. The predicted octanol–water partition coefficient (Wildman–Crippen LogP) is 2.83. The molecular formula is C24H24N4O4. The van der Waals surface area contributed by atoms with Gasteiger partial charge in [-0.25, -0.2) is 10.2 Å². The highest BCUT2D eigenvalue weighted by molar-refractivity contribution is 5.94. The molecule has 2 heterocycles. The van der Waals surface area contributed by atoms with Gasteiger partial charge in [0.1, 0.15) is 12.4 Å². The molecule has 1 aromatic heterocycles. The summed E-state index contributed by atoms with van der Waals surface area (Å²) in [5.41, 5.74) is 9.51. The van der Waals surface area contributed by atoms with Crippen LogP contribution < -0.4 is 20.9 Å². The van der Waals surface area contributed by atoms with E-state index in [2.05, 4.69) is 21.2 Å². The van der Waals surface area contributed by atoms with Crippen LogP contribution in [0.15, 0.2) is 66.9 Å². The quantitative estimate of drug-likeness (QED) is 0.433. The number of hydrogen-bond acceptors (Lipinski definition) is 6. The second-order valence-electron chi connectivity index (χ2n) is 7.51. The van der Waals surface area contributed by atoms with Gasteiger partial charge in [-0.3, -0.25) is 15.2 Å². The number of carboxylic acids is 1. The number of nitrogens with one attached hydrogen (secondary N) is 3. The number of carboxylic acid groups (broad SMARTS) is 1. The summed E-state index contributed by atoms with van der Waals surface area (Å²) in [6.07, 6.45) is 2.70. The fourth-order valence-electron chi connectivity index (χ4n) is 3.46. The highest BCUT2D eigenvalue weighted by Gasteiger charge is 2.17. The van der Waals surface area contributed by atoms with Crippen molar-refractivity contribution in [3.8, 4) is 5.75 Å². The van der Waals surface area contributed by atoms with Crippen LogP contribution >= 0.6 is 0 Å². The summed E-state index contributed by atoms with van der Waals surface area (Å²) in [6, 6.07) is 17.8. The first kappa shape index (κ1) is 21.5. The molecule has 1 unspecified atom stereocenters. The molecule has 1 fully saturated rings. The number of amides is 1. The third-order valence-electron chi connectivity index (χ3n) is 5.17. The normalized spacial score (nSPS) is 15.3. The van der Waals surface area contributed by atoms with Crippen LogP contribution in [0.1, 0.15) is 50.0 Å². The van der Waals surface area contributed by atoms with Crippen LogP contribution in [0, 0.1) is 0 Å². The molecule has 8 heteroatoms. The lowest BCUT2D eigenvalue weighted by Gasteiger charge is -2.11. The molecule has 1 amide bonds. The summed E-state index contributed by atoms with van der Waals surface area (Å²) in [7, 11) is 0. The van der Waals surface area contributed by atoms with E-state index in [-0.39, 0.29) is 24.1 Å². The zero-order valence-electron chi connectivity index (χ0n) is 17.4. The topological polar surface area (TPSA) is 113 Å². The molecule has 0 bridgehead atoms. The molecule has 1 atom stereocenters. The van der Waals surface area contributed by atoms with E-state index >= 15 is 0 Å². The third kappa shape index (κ3) is 5.48. The Bertz CT molecular complexity index is 1100. The van der Waals surface area contributed by atoms with E-state index in [1.807, 2.05) is 18.2 Å². The Morgan fingerprint density at radius 3 is 2.56 bits per heavy atom. The average Bonchev–Trinajstić information content (AvgIpc) is 3.37. The SMILES string of the molecule is O=C(O)c1cccc(CNC(=O)c2cccc(COc3ccc(C4CCNN4)nc3)c2)c1. The lowest BCUT2D eigenvalue weighted by atomic mass is 10.1. The highest BCUT2D eigenvalue weighted by Crippen LogP contribution is 2.19. The number of aromatic carboxylic acids is 1. The van der Waals surface area contributed by atoms with Crippen molar-refractivity contribution in [1.82, 2.24) is 21.2 Å². The first-order valence-corrected chi connectivity index (χ1v) is 10.3. The number of ether oxygens (including phenoxy) is 1. The molecule has 2 aromatic carbocycles. The molecular weight excluding hydrogens is 408 g/mol. The highest BCUT2D eigenvalue weighted by atomic mass is 16.5. The van der Waals surface area contributed by atoms with Gasteiger partial charge in [0.2, 0.25) is 0 Å². The van der Waals surface area contributed by atoms with Crippen LogP contribution in [0.2, 0.25) is 0 Å². The molecule has 164 valence electrons. The summed E-state index contributed by atoms with van der Waals surface area (Å²) in [6.45, 7) is 1.47. The number of carbonyl (C=O) groups excluding carboxylic acids is 1. The maximum Gasteiger partial charge on any atom is 0.335 e. The fraction of sp³-hybridized carbons (Fsp3) is 0.208. The van der Waals surface area contributed by atoms with Crippen molar-refractivity contribution in [2.24, 2.45) is 0 Å². The van der Waals surface area contributed by atoms with E-state index < -0.39 is 5.97 Å². The Kier molecular flexibility index (Phi) is 6.74. The first-order chi connectivity index (χ1) is 15.6. The molecule has 4 N–H and O–H groups in total. The molecule has 0 radical (unpaired) electrons. The van der Waals surface area contributed by atoms with Gasteiger partial charge in [0, 0.05) is 18.7 Å². The van der Waals surface area contributed by atoms with Crippen LogP contribution in [-0.4, -0.2) is 28.5 Å². The molecule has 3 aromatic rings. The molecule has 0 saturated carbocycles. The Labute approximate surface area is 185 Å². The number of nitrogens with zero attached hydrogens (tertiary/aromatic N) is 1. The molecule has 8 nitrogen and oxygen atoms in total. The summed E-state index contributed by atoms with van der Waals surface area (Å²) in [5.74, 6) is -0.577. The van der Waals surface area contributed by atoms with Crippen molar-refractivity contribution in [2.45, 2.75) is 25.6 Å². The standard InChI is InChI=1S/C24H24N4O4/c29-23(26-13-16-3-1-6-19(11-16)24(30)31)18-5-2-4-17(12-18)15-32-20-7-8-21(25-14-20)22-9-10-27-28-22/h1-8,11-12,14,22,27-28H,9-10,13,15H2,(H,26,29)(H,30,31). The molecule has 0 spiro atoms. The summed E-state index contributed by atoms with van der Waals surface area (Å²) in [4.78, 5) is 28.1. The summed E-state index contributed by atoms with van der Waals surface area (Å²) >= 11 is 0. The minimum atomic E-state index is -0.997. The molecule has 0 aliphatic carbocycles. The first-order valence-electron chi connectivity index (χ1n) is 10.3. The predicted molar refractivity (Wildman–Crippen MR) is 118 cm³/mol. The number of hydrazine groups is 1. The van der Waals surface area contributed by atoms with E-state index in [4.69, 9.17) is 9.84 Å². The molecule has 1 aliphatic heterocycles. The summed E-state index contributed by atoms with van der Waals surface area (Å²) < 4.78 is 5.82. The minimum absolute atomic E-state index is 0.189. The maximum absolute atomic E-state index is 12.5. The van der Waals surface area contributed by atoms with Crippen LogP contribution in [0.25, 0.3) is 0 Å². The Hall–Kier alpha value is -3.75. The monoisotopic (exact) mass is 432 g/mol. The molecule has 32 heavy (non-hydrogen) atoms. The van der Waals surface area contributed by atoms with Gasteiger partial charge in [-0.05, 0) is 53.9 Å². The fourth-order valence-corrected chi connectivity index (χ4v) is 3.46. The number of rotatable bonds is 8. The van der Waals surface area contributed by atoms with Gasteiger partial charge >= 0.3 is 5.97 Å². The Morgan fingerprint density at radius 2 is 1.84 bits per heavy atom. The number of pyridine rings is 1. The lowest BCUT2D eigenvalue weighted by molar-refractivity contribution is 0.0696. The van der Waals surface area contributed by atoms with Crippen molar-refractivity contribution in [2.75, 3.05) is 6.54 Å². The largest absolute Gasteiger partial charge is 0.487 e. The van der Waals surface area contributed by atoms with Gasteiger partial charge in [-0.2, -0.15) is 0 Å². The van der Waals surface area contributed by atoms with Gasteiger partial charge < -0.3 is 15.2 Å². The zero-order valence-corrected chi connectivity index (χ0v) is 17.4. The third-order valence-corrected chi connectivity index (χ3v) is 5.17. The van der Waals surface area contributed by atoms with Crippen molar-refractivity contribution in [3.05, 3.63) is 94.8 Å². The van der Waals surface area contributed by atoms with E-state index in [0.717, 1.165) is 29.8 Å². The van der Waals surface area contributed by atoms with E-state index in [1.54, 1.807) is 42.6 Å². The second kappa shape index (κ2) is 10.0. The Balaban J connectivity index is 1.32. The number of carbonyl (C=O) groups is 2. The van der Waals surface area contributed by atoms with Crippen molar-refractivity contribution < 1.29 is 19.4 Å². The van der Waals surface area contributed by atoms with Crippen LogP contribution in [0.5, 0.6) is 5.75 Å². The van der Waals surface area contributed by atoms with Crippen LogP contribution in [-0.2, 0) is 13.2 Å². The van der Waals surface area contributed by atoms with E-state index in [9.17, 15) is 9.59 Å². The van der Waals surface area contributed by atoms with Gasteiger partial charge in [0.05, 0.1) is 23.5 Å². The summed E-state index contributed by atoms with van der Waals surface area (Å²) in [5, 5.41) is 11.9. The lowest BCUT2D eigenvalue weighted by Crippen LogP contribution is -2.25. The number of aromatic nitrogens is 1. The van der Waals surface area contributed by atoms with Gasteiger partial charge in [0.25, 0.3) is 5.91 Å². The molecule has 4 rings (SSSR count). The molecule has 1 aliphatic rings. The van der Waals surface area contributed by atoms with Crippen molar-refractivity contribution in [1.29, 1.82) is 0 Å². The molecule has 1 saturated heterocycles. The van der Waals surface area contributed by atoms with Crippen LogP contribution in [0.4, 0.5) is 0 Å². The second-order valence-corrected chi connectivity index (χ2v) is 7.51. The minimum Gasteiger partial charge on any atom is -0.487 e. The van der Waals surface area contributed by atoms with E-state index in [1.165, 1.54) is 6.07 Å².